The Morgan fingerprint density at radius 1 is 1.17 bits per heavy atom. The fourth-order valence-corrected chi connectivity index (χ4v) is 2.55. The maximum Gasteiger partial charge on any atom is 0.244 e. The first-order chi connectivity index (χ1) is 11.1. The lowest BCUT2D eigenvalue weighted by Crippen LogP contribution is -2.24. The second-order valence-corrected chi connectivity index (χ2v) is 6.14. The van der Waals surface area contributed by atoms with Crippen molar-refractivity contribution in [2.45, 2.75) is 13.0 Å². The van der Waals surface area contributed by atoms with Crippen molar-refractivity contribution in [2.24, 2.45) is 0 Å². The molecular formula is C18H16BrNO3. The largest absolute Gasteiger partial charge is 0.454 e. The standard InChI is InChI=1S/C18H16BrNO3/c1-12(14-4-6-15(19)7-5-14)20-18(21)9-3-13-2-8-16-17(10-13)23-11-22-16/h2-10,12H,11H2,1H3,(H,20,21)/b9-3+. The van der Waals surface area contributed by atoms with E-state index < -0.39 is 0 Å². The van der Waals surface area contributed by atoms with Crippen LogP contribution in [0.1, 0.15) is 24.1 Å². The van der Waals surface area contributed by atoms with Gasteiger partial charge >= 0.3 is 0 Å². The van der Waals surface area contributed by atoms with Gasteiger partial charge in [0.1, 0.15) is 0 Å². The number of nitrogens with one attached hydrogen (secondary N) is 1. The number of rotatable bonds is 4. The Hall–Kier alpha value is -2.27. The summed E-state index contributed by atoms with van der Waals surface area (Å²) in [5.41, 5.74) is 1.94. The third-order valence-electron chi connectivity index (χ3n) is 3.55. The molecular weight excluding hydrogens is 358 g/mol. The lowest BCUT2D eigenvalue weighted by Gasteiger charge is -2.12. The van der Waals surface area contributed by atoms with Gasteiger partial charge in [0.05, 0.1) is 6.04 Å². The summed E-state index contributed by atoms with van der Waals surface area (Å²) in [6.07, 6.45) is 3.28. The van der Waals surface area contributed by atoms with Gasteiger partial charge in [-0.25, -0.2) is 0 Å². The summed E-state index contributed by atoms with van der Waals surface area (Å²) in [7, 11) is 0. The normalized spacial score (nSPS) is 14.0. The second kappa shape index (κ2) is 6.87. The Bertz CT molecular complexity index is 740. The molecule has 23 heavy (non-hydrogen) atoms. The van der Waals surface area contributed by atoms with Crippen LogP contribution in [0.25, 0.3) is 6.08 Å². The number of halogens is 1. The molecule has 4 nitrogen and oxygen atoms in total. The zero-order valence-electron chi connectivity index (χ0n) is 12.6. The van der Waals surface area contributed by atoms with Gasteiger partial charge in [0.2, 0.25) is 12.7 Å². The van der Waals surface area contributed by atoms with E-state index in [1.165, 1.54) is 6.08 Å². The summed E-state index contributed by atoms with van der Waals surface area (Å²) in [4.78, 5) is 12.0. The zero-order valence-corrected chi connectivity index (χ0v) is 14.2. The molecule has 3 rings (SSSR count). The molecule has 1 heterocycles. The Morgan fingerprint density at radius 3 is 2.70 bits per heavy atom. The number of ether oxygens (including phenoxy) is 2. The van der Waals surface area contributed by atoms with Gasteiger partial charge in [-0.3, -0.25) is 4.79 Å². The molecule has 2 aromatic carbocycles. The van der Waals surface area contributed by atoms with Crippen molar-refractivity contribution in [2.75, 3.05) is 6.79 Å². The van der Waals surface area contributed by atoms with E-state index in [4.69, 9.17) is 9.47 Å². The smallest absolute Gasteiger partial charge is 0.244 e. The van der Waals surface area contributed by atoms with Crippen molar-refractivity contribution in [3.8, 4) is 11.5 Å². The average Bonchev–Trinajstić information content (AvgIpc) is 3.01. The molecule has 0 saturated carbocycles. The maximum absolute atomic E-state index is 12.0. The number of amides is 1. The molecule has 0 radical (unpaired) electrons. The van der Waals surface area contributed by atoms with Crippen LogP contribution in [-0.2, 0) is 4.79 Å². The molecule has 2 aromatic rings. The molecule has 1 aliphatic rings. The molecule has 0 fully saturated rings. The lowest BCUT2D eigenvalue weighted by atomic mass is 10.1. The molecule has 5 heteroatoms. The highest BCUT2D eigenvalue weighted by molar-refractivity contribution is 9.10. The molecule has 1 aliphatic heterocycles. The maximum atomic E-state index is 12.0. The Kier molecular flexibility index (Phi) is 4.67. The summed E-state index contributed by atoms with van der Waals surface area (Å²) in [6.45, 7) is 2.20. The quantitative estimate of drug-likeness (QED) is 0.821. The van der Waals surface area contributed by atoms with E-state index in [1.807, 2.05) is 49.4 Å². The van der Waals surface area contributed by atoms with E-state index in [1.54, 1.807) is 6.08 Å². The highest BCUT2D eigenvalue weighted by Gasteiger charge is 2.12. The fraction of sp³-hybridized carbons (Fsp3) is 0.167. The van der Waals surface area contributed by atoms with Gasteiger partial charge < -0.3 is 14.8 Å². The average molecular weight is 374 g/mol. The molecule has 0 aliphatic carbocycles. The molecule has 118 valence electrons. The Labute approximate surface area is 143 Å². The minimum absolute atomic E-state index is 0.0583. The minimum Gasteiger partial charge on any atom is -0.454 e. The molecule has 1 atom stereocenters. The monoisotopic (exact) mass is 373 g/mol. The summed E-state index contributed by atoms with van der Waals surface area (Å²) in [5, 5.41) is 2.94. The second-order valence-electron chi connectivity index (χ2n) is 5.23. The van der Waals surface area contributed by atoms with Crippen molar-refractivity contribution in [3.63, 3.8) is 0 Å². The number of hydrogen-bond donors (Lipinski definition) is 1. The van der Waals surface area contributed by atoms with E-state index in [-0.39, 0.29) is 18.7 Å². The predicted octanol–water partition coefficient (Wildman–Crippen LogP) is 4.07. The zero-order chi connectivity index (χ0) is 16.2. The number of fused-ring (bicyclic) bond motifs is 1. The summed E-state index contributed by atoms with van der Waals surface area (Å²) < 4.78 is 11.6. The van der Waals surface area contributed by atoms with Gasteiger partial charge in [-0.1, -0.05) is 34.1 Å². The molecule has 0 bridgehead atoms. The van der Waals surface area contributed by atoms with Crippen molar-refractivity contribution in [1.29, 1.82) is 0 Å². The van der Waals surface area contributed by atoms with Crippen LogP contribution in [0.4, 0.5) is 0 Å². The van der Waals surface area contributed by atoms with Crippen molar-refractivity contribution in [3.05, 3.63) is 64.1 Å². The lowest BCUT2D eigenvalue weighted by molar-refractivity contribution is -0.117. The molecule has 1 N–H and O–H groups in total. The van der Waals surface area contributed by atoms with Crippen molar-refractivity contribution < 1.29 is 14.3 Å². The first kappa shape index (κ1) is 15.6. The third kappa shape index (κ3) is 3.93. The van der Waals surface area contributed by atoms with Gasteiger partial charge in [0.25, 0.3) is 0 Å². The van der Waals surface area contributed by atoms with Gasteiger partial charge in [-0.2, -0.15) is 0 Å². The number of hydrogen-bond acceptors (Lipinski definition) is 3. The molecule has 1 amide bonds. The number of carbonyl (C=O) groups is 1. The van der Waals surface area contributed by atoms with Crippen molar-refractivity contribution in [1.82, 2.24) is 5.32 Å². The minimum atomic E-state index is -0.141. The Balaban J connectivity index is 1.61. The van der Waals surface area contributed by atoms with Crippen LogP contribution >= 0.6 is 15.9 Å². The van der Waals surface area contributed by atoms with Gasteiger partial charge in [0.15, 0.2) is 11.5 Å². The highest BCUT2D eigenvalue weighted by Crippen LogP contribution is 2.32. The van der Waals surface area contributed by atoms with E-state index >= 15 is 0 Å². The summed E-state index contributed by atoms with van der Waals surface area (Å²) in [5.74, 6) is 1.30. The van der Waals surface area contributed by atoms with Crippen LogP contribution in [0, 0.1) is 0 Å². The summed E-state index contributed by atoms with van der Waals surface area (Å²) >= 11 is 3.40. The van der Waals surface area contributed by atoms with Gasteiger partial charge in [-0.15, -0.1) is 0 Å². The van der Waals surface area contributed by atoms with Crippen LogP contribution in [-0.4, -0.2) is 12.7 Å². The topological polar surface area (TPSA) is 47.6 Å². The Morgan fingerprint density at radius 2 is 1.91 bits per heavy atom. The van der Waals surface area contributed by atoms with Gasteiger partial charge in [-0.05, 0) is 48.4 Å². The van der Waals surface area contributed by atoms with Gasteiger partial charge in [0, 0.05) is 10.5 Å². The fourth-order valence-electron chi connectivity index (χ4n) is 2.29. The number of carbonyl (C=O) groups excluding carboxylic acids is 1. The first-order valence-electron chi connectivity index (χ1n) is 7.25. The third-order valence-corrected chi connectivity index (χ3v) is 4.08. The summed E-state index contributed by atoms with van der Waals surface area (Å²) in [6, 6.07) is 13.4. The SMILES string of the molecule is CC(NC(=O)/C=C/c1ccc2c(c1)OCO2)c1ccc(Br)cc1. The van der Waals surface area contributed by atoms with Crippen LogP contribution in [0.5, 0.6) is 11.5 Å². The first-order valence-corrected chi connectivity index (χ1v) is 8.05. The van der Waals surface area contributed by atoms with Crippen LogP contribution in [0.15, 0.2) is 53.0 Å². The van der Waals surface area contributed by atoms with E-state index in [0.717, 1.165) is 21.3 Å². The highest BCUT2D eigenvalue weighted by atomic mass is 79.9. The molecule has 1 unspecified atom stereocenters. The molecule has 0 spiro atoms. The predicted molar refractivity (Wildman–Crippen MR) is 92.3 cm³/mol. The van der Waals surface area contributed by atoms with Crippen LogP contribution < -0.4 is 14.8 Å². The molecule has 0 saturated heterocycles. The number of benzene rings is 2. The molecule has 0 aromatic heterocycles. The van der Waals surface area contributed by atoms with E-state index in [2.05, 4.69) is 21.2 Å². The van der Waals surface area contributed by atoms with E-state index in [9.17, 15) is 4.79 Å². The van der Waals surface area contributed by atoms with Crippen molar-refractivity contribution >= 4 is 27.9 Å². The van der Waals surface area contributed by atoms with Crippen LogP contribution in [0.3, 0.4) is 0 Å². The van der Waals surface area contributed by atoms with Crippen LogP contribution in [0.2, 0.25) is 0 Å². The van der Waals surface area contributed by atoms with E-state index in [0.29, 0.717) is 5.75 Å².